The molecule has 1 aromatic rings. The number of allylic oxidation sites excluding steroid dienone is 7. The maximum atomic E-state index is 12.5. The first kappa shape index (κ1) is 47.3. The zero-order valence-electron chi connectivity index (χ0n) is 36.6. The van der Waals surface area contributed by atoms with Gasteiger partial charge in [0.25, 0.3) is 0 Å². The summed E-state index contributed by atoms with van der Waals surface area (Å²) in [6, 6.07) is 8.90. The Kier molecular flexibility index (Phi) is 17.5. The van der Waals surface area contributed by atoms with Gasteiger partial charge in [0.05, 0.1) is 18.3 Å². The van der Waals surface area contributed by atoms with Crippen molar-refractivity contribution in [3.63, 3.8) is 0 Å². The van der Waals surface area contributed by atoms with Crippen LogP contribution in [-0.2, 0) is 22.4 Å². The Labute approximate surface area is 354 Å². The van der Waals surface area contributed by atoms with Crippen molar-refractivity contribution in [3.05, 3.63) is 94.1 Å². The van der Waals surface area contributed by atoms with Gasteiger partial charge in [0, 0.05) is 37.2 Å². The first-order valence-electron chi connectivity index (χ1n) is 22.6. The standard InChI is InChI=1S/C50H76N2O7/c1-35(40-20-19-36(2)47(57)52-48(26-29-59-5,42-16-7-6-8-17-42)32-39-14-10-13-38(30-39)31-40)12-9-15-41(34-55)44-22-24-50(46(44)56)45(18-11-28-53)43(37(3)33-54)21-23-49(50,58)25-27-51-4/h9-10,12-15,19,30,33,40,42,44-47,51-53,55-58H,1,6-8,11,16-18,20-29,31-32,34H2,2-5H3/t40-,44+,45-,46+,47+,48-,49-,50+/m0/s1. The van der Waals surface area contributed by atoms with E-state index in [1.54, 1.807) is 7.11 Å². The summed E-state index contributed by atoms with van der Waals surface area (Å²) < 4.78 is 5.64. The van der Waals surface area contributed by atoms with Crippen LogP contribution in [0.25, 0.3) is 0 Å². The van der Waals surface area contributed by atoms with Crippen molar-refractivity contribution >= 4 is 6.29 Å². The Morgan fingerprint density at radius 3 is 2.54 bits per heavy atom. The van der Waals surface area contributed by atoms with Crippen LogP contribution in [0.5, 0.6) is 0 Å². The van der Waals surface area contributed by atoms with Crippen LogP contribution in [0.1, 0.15) is 115 Å². The largest absolute Gasteiger partial charge is 0.396 e. The third-order valence-electron chi connectivity index (χ3n) is 15.1. The number of hydrogen-bond donors (Lipinski definition) is 7. The molecular weight excluding hydrogens is 741 g/mol. The predicted octanol–water partition coefficient (Wildman–Crippen LogP) is 6.83. The molecule has 8 atom stereocenters. The van der Waals surface area contributed by atoms with Gasteiger partial charge in [0.15, 0.2) is 0 Å². The Morgan fingerprint density at radius 2 is 1.85 bits per heavy atom. The molecule has 3 saturated carbocycles. The summed E-state index contributed by atoms with van der Waals surface area (Å²) in [5, 5.41) is 64.4. The molecule has 3 aliphatic carbocycles. The minimum Gasteiger partial charge on any atom is -0.396 e. The predicted molar refractivity (Wildman–Crippen MR) is 237 cm³/mol. The van der Waals surface area contributed by atoms with E-state index in [0.717, 1.165) is 55.1 Å². The van der Waals surface area contributed by atoms with Crippen molar-refractivity contribution in [2.75, 3.05) is 40.5 Å². The van der Waals surface area contributed by atoms with Crippen molar-refractivity contribution in [3.8, 4) is 0 Å². The second-order valence-corrected chi connectivity index (χ2v) is 18.5. The van der Waals surface area contributed by atoms with Crippen LogP contribution in [0.3, 0.4) is 0 Å². The number of aldehydes is 1. The minimum atomic E-state index is -1.19. The maximum absolute atomic E-state index is 12.5. The molecule has 7 N–H and O–H groups in total. The molecule has 5 rings (SSSR count). The molecule has 9 heteroatoms. The summed E-state index contributed by atoms with van der Waals surface area (Å²) in [7, 11) is 3.61. The van der Waals surface area contributed by atoms with Crippen molar-refractivity contribution in [1.29, 1.82) is 0 Å². The lowest BCUT2D eigenvalue weighted by molar-refractivity contribution is -0.180. The quantitative estimate of drug-likeness (QED) is 0.0413. The van der Waals surface area contributed by atoms with Gasteiger partial charge in [0.1, 0.15) is 12.5 Å². The lowest BCUT2D eigenvalue weighted by Gasteiger charge is -2.57. The normalized spacial score (nSPS) is 33.4. The maximum Gasteiger partial charge on any atom is 0.145 e. The molecule has 1 aromatic carbocycles. The molecule has 1 aliphatic heterocycles. The first-order valence-corrected chi connectivity index (χ1v) is 22.6. The Hall–Kier alpha value is -2.73. The molecule has 0 radical (unpaired) electrons. The summed E-state index contributed by atoms with van der Waals surface area (Å²) >= 11 is 0. The Bertz CT molecular complexity index is 1680. The highest BCUT2D eigenvalue weighted by Crippen LogP contribution is 2.64. The van der Waals surface area contributed by atoms with Gasteiger partial charge in [-0.2, -0.15) is 0 Å². The SMILES string of the molecule is C=C(C=CC=C(CO)[C@H]1CC[C@]2([C@@H]1O)[C@@H](CCCO)C(=C(C)C=O)CC[C@]2(O)CCNC)[C@H]1CC=C(C)[C@@H](O)N[C@](CCOC)(C2CCCCC2)Cc2cccc(c2)C1. The molecule has 2 bridgehead atoms. The van der Waals surface area contributed by atoms with Gasteiger partial charge < -0.3 is 35.6 Å². The van der Waals surface area contributed by atoms with Crippen LogP contribution in [-0.4, -0.2) is 95.8 Å². The van der Waals surface area contributed by atoms with E-state index >= 15 is 0 Å². The van der Waals surface area contributed by atoms with Gasteiger partial charge in [-0.25, -0.2) is 0 Å². The van der Waals surface area contributed by atoms with Crippen molar-refractivity contribution in [1.82, 2.24) is 10.6 Å². The second-order valence-electron chi connectivity index (χ2n) is 18.5. The lowest BCUT2D eigenvalue weighted by atomic mass is 9.51. The average molecular weight is 817 g/mol. The molecule has 0 saturated heterocycles. The number of aliphatic hydroxyl groups is 5. The smallest absolute Gasteiger partial charge is 0.145 e. The molecule has 1 heterocycles. The summed E-state index contributed by atoms with van der Waals surface area (Å²) in [4.78, 5) is 12.1. The van der Waals surface area contributed by atoms with Gasteiger partial charge in [-0.1, -0.05) is 85.6 Å². The number of rotatable bonds is 16. The molecule has 59 heavy (non-hydrogen) atoms. The topological polar surface area (TPSA) is 152 Å². The van der Waals surface area contributed by atoms with Gasteiger partial charge in [-0.15, -0.1) is 0 Å². The number of fused-ring (bicyclic) bond motifs is 2. The molecule has 3 fully saturated rings. The molecule has 4 aliphatic rings. The van der Waals surface area contributed by atoms with E-state index in [-0.39, 0.29) is 36.5 Å². The molecule has 328 valence electrons. The first-order chi connectivity index (χ1) is 28.4. The Morgan fingerprint density at radius 1 is 1.08 bits per heavy atom. The second kappa shape index (κ2) is 21.9. The fourth-order valence-corrected chi connectivity index (χ4v) is 11.7. The number of nitrogens with one attached hydrogen (secondary N) is 2. The van der Waals surface area contributed by atoms with Crippen LogP contribution in [0.4, 0.5) is 0 Å². The van der Waals surface area contributed by atoms with E-state index in [2.05, 4.69) is 47.6 Å². The molecule has 9 nitrogen and oxygen atoms in total. The zero-order valence-corrected chi connectivity index (χ0v) is 36.6. The minimum absolute atomic E-state index is 0.0137. The van der Waals surface area contributed by atoms with E-state index in [1.165, 1.54) is 30.4 Å². The van der Waals surface area contributed by atoms with Gasteiger partial charge in [-0.3, -0.25) is 10.1 Å². The fraction of sp³-hybridized carbons (Fsp3) is 0.660. The van der Waals surface area contributed by atoms with Crippen molar-refractivity contribution < 1.29 is 35.1 Å². The van der Waals surface area contributed by atoms with Gasteiger partial charge in [-0.05, 0) is 157 Å². The molecular formula is C50H76N2O7. The fourth-order valence-electron chi connectivity index (χ4n) is 11.7. The summed E-state index contributed by atoms with van der Waals surface area (Å²) in [6.07, 6.45) is 19.9. The van der Waals surface area contributed by atoms with E-state index in [0.29, 0.717) is 81.6 Å². The number of carbonyl (C=O) groups is 1. The third-order valence-corrected chi connectivity index (χ3v) is 15.1. The average Bonchev–Trinajstić information content (AvgIpc) is 3.59. The highest BCUT2D eigenvalue weighted by Gasteiger charge is 2.65. The van der Waals surface area contributed by atoms with Crippen LogP contribution < -0.4 is 10.6 Å². The van der Waals surface area contributed by atoms with Crippen molar-refractivity contribution in [2.24, 2.45) is 29.1 Å². The van der Waals surface area contributed by atoms with E-state index in [9.17, 15) is 30.3 Å². The lowest BCUT2D eigenvalue weighted by Crippen LogP contribution is -2.61. The van der Waals surface area contributed by atoms with Crippen LogP contribution in [0.15, 0.2) is 83.0 Å². The number of hydrogen-bond acceptors (Lipinski definition) is 9. The third kappa shape index (κ3) is 10.7. The van der Waals surface area contributed by atoms with E-state index in [4.69, 9.17) is 4.74 Å². The molecule has 0 unspecified atom stereocenters. The zero-order chi connectivity index (χ0) is 42.6. The highest BCUT2D eigenvalue weighted by molar-refractivity contribution is 5.74. The number of benzene rings is 1. The summed E-state index contributed by atoms with van der Waals surface area (Å²) in [5.74, 6) is -0.148. The number of aliphatic hydroxyl groups excluding tert-OH is 4. The molecule has 0 amide bonds. The number of carbonyl (C=O) groups excluding carboxylic acids is 1. The molecule has 1 spiro atoms. The van der Waals surface area contributed by atoms with E-state index in [1.807, 2.05) is 39.1 Å². The summed E-state index contributed by atoms with van der Waals surface area (Å²) in [5.41, 5.74) is 4.24. The molecule has 0 aromatic heterocycles. The van der Waals surface area contributed by atoms with E-state index < -0.39 is 23.3 Å². The van der Waals surface area contributed by atoms with Crippen LogP contribution in [0.2, 0.25) is 0 Å². The number of methoxy groups -OCH3 is 1. The van der Waals surface area contributed by atoms with Gasteiger partial charge >= 0.3 is 0 Å². The van der Waals surface area contributed by atoms with Crippen molar-refractivity contribution in [2.45, 2.75) is 140 Å². The van der Waals surface area contributed by atoms with Crippen LogP contribution >= 0.6 is 0 Å². The monoisotopic (exact) mass is 817 g/mol. The Balaban J connectivity index is 1.41. The van der Waals surface area contributed by atoms with Crippen LogP contribution in [0, 0.1) is 29.1 Å². The highest BCUT2D eigenvalue weighted by atomic mass is 16.5. The number of ether oxygens (including phenoxy) is 1. The summed E-state index contributed by atoms with van der Waals surface area (Å²) in [6.45, 7) is 9.31. The van der Waals surface area contributed by atoms with Gasteiger partial charge in [0.2, 0.25) is 0 Å².